The molecule has 18 heavy (non-hydrogen) atoms. The second kappa shape index (κ2) is 5.87. The Labute approximate surface area is 122 Å². The highest BCUT2D eigenvalue weighted by Gasteiger charge is 2.05. The van der Waals surface area contributed by atoms with E-state index in [1.807, 2.05) is 0 Å². The Morgan fingerprint density at radius 3 is 2.67 bits per heavy atom. The van der Waals surface area contributed by atoms with Gasteiger partial charge in [0.2, 0.25) is 0 Å². The molecule has 2 aromatic rings. The van der Waals surface area contributed by atoms with Crippen LogP contribution in [0.3, 0.4) is 0 Å². The largest absolute Gasteiger partial charge is 0.489 e. The van der Waals surface area contributed by atoms with Crippen LogP contribution in [0.25, 0.3) is 0 Å². The first-order chi connectivity index (χ1) is 8.56. The molecular weight excluding hydrogens is 344 g/mol. The quantitative estimate of drug-likeness (QED) is 0.737. The van der Waals surface area contributed by atoms with Crippen LogP contribution in [0.1, 0.15) is 5.56 Å². The van der Waals surface area contributed by atoms with Gasteiger partial charge in [0.1, 0.15) is 28.5 Å². The Morgan fingerprint density at radius 1 is 1.22 bits per heavy atom. The van der Waals surface area contributed by atoms with E-state index in [1.54, 1.807) is 18.2 Å². The van der Waals surface area contributed by atoms with Crippen molar-refractivity contribution in [3.05, 3.63) is 56.5 Å². The van der Waals surface area contributed by atoms with Gasteiger partial charge in [-0.2, -0.15) is 0 Å². The summed E-state index contributed by atoms with van der Waals surface area (Å²) >= 11 is 14.7. The molecule has 0 aliphatic carbocycles. The number of pyridine rings is 1. The summed E-state index contributed by atoms with van der Waals surface area (Å²) in [6.45, 7) is 0.237. The molecule has 0 spiro atoms. The average molecular weight is 351 g/mol. The summed E-state index contributed by atoms with van der Waals surface area (Å²) in [5.41, 5.74) is 0.710. The average Bonchev–Trinajstić information content (AvgIpc) is 2.32. The van der Waals surface area contributed by atoms with Crippen LogP contribution >= 0.6 is 39.1 Å². The smallest absolute Gasteiger partial charge is 0.137 e. The van der Waals surface area contributed by atoms with Gasteiger partial charge in [-0.05, 0) is 46.3 Å². The summed E-state index contributed by atoms with van der Waals surface area (Å²) < 4.78 is 18.9. The van der Waals surface area contributed by atoms with Crippen molar-refractivity contribution < 1.29 is 9.13 Å². The molecule has 0 aliphatic heterocycles. The van der Waals surface area contributed by atoms with E-state index in [2.05, 4.69) is 20.9 Å². The van der Waals surface area contributed by atoms with Crippen molar-refractivity contribution in [1.82, 2.24) is 4.98 Å². The Balaban J connectivity index is 2.09. The maximum atomic E-state index is 13.0. The molecule has 2 nitrogen and oxygen atoms in total. The van der Waals surface area contributed by atoms with E-state index in [4.69, 9.17) is 27.9 Å². The fourth-order valence-corrected chi connectivity index (χ4v) is 2.03. The zero-order valence-corrected chi connectivity index (χ0v) is 12.1. The maximum absolute atomic E-state index is 13.0. The molecule has 1 aromatic carbocycles. The number of halogens is 4. The first-order valence-corrected chi connectivity index (χ1v) is 6.50. The van der Waals surface area contributed by atoms with Crippen molar-refractivity contribution in [3.63, 3.8) is 0 Å². The monoisotopic (exact) mass is 349 g/mol. The van der Waals surface area contributed by atoms with Crippen LogP contribution in [0.5, 0.6) is 5.75 Å². The number of benzene rings is 1. The minimum absolute atomic E-state index is 0.237. The number of hydrogen-bond acceptors (Lipinski definition) is 2. The summed E-state index contributed by atoms with van der Waals surface area (Å²) in [5, 5.41) is 0.622. The normalized spacial score (nSPS) is 10.4. The Hall–Kier alpha value is -0.840. The molecule has 0 saturated carbocycles. The van der Waals surface area contributed by atoms with E-state index in [1.165, 1.54) is 12.1 Å². The SMILES string of the molecule is Fc1ccc(OCc2ccc(Cl)nc2Cl)cc1Br. The lowest BCUT2D eigenvalue weighted by Crippen LogP contribution is -1.98. The summed E-state index contributed by atoms with van der Waals surface area (Å²) in [5.74, 6) is 0.197. The molecule has 6 heteroatoms. The first-order valence-electron chi connectivity index (χ1n) is 4.95. The van der Waals surface area contributed by atoms with Crippen molar-refractivity contribution in [2.45, 2.75) is 6.61 Å². The minimum Gasteiger partial charge on any atom is -0.489 e. The third-order valence-corrected chi connectivity index (χ3v) is 3.32. The topological polar surface area (TPSA) is 22.1 Å². The predicted molar refractivity (Wildman–Crippen MR) is 72.7 cm³/mol. The van der Waals surface area contributed by atoms with Crippen LogP contribution in [0.15, 0.2) is 34.8 Å². The molecule has 0 bridgehead atoms. The number of rotatable bonds is 3. The molecule has 0 saturated heterocycles. The summed E-state index contributed by atoms with van der Waals surface area (Å²) in [6, 6.07) is 7.77. The number of nitrogens with zero attached hydrogens (tertiary/aromatic N) is 1. The van der Waals surface area contributed by atoms with E-state index in [0.717, 1.165) is 0 Å². The Bertz CT molecular complexity index is 580. The molecule has 1 heterocycles. The van der Waals surface area contributed by atoms with Crippen molar-refractivity contribution in [3.8, 4) is 5.75 Å². The molecule has 94 valence electrons. The van der Waals surface area contributed by atoms with Gasteiger partial charge in [0.25, 0.3) is 0 Å². The summed E-state index contributed by atoms with van der Waals surface area (Å²) in [6.07, 6.45) is 0. The van der Waals surface area contributed by atoms with Gasteiger partial charge >= 0.3 is 0 Å². The van der Waals surface area contributed by atoms with E-state index in [0.29, 0.717) is 26.1 Å². The third-order valence-electron chi connectivity index (χ3n) is 2.18. The van der Waals surface area contributed by atoms with Crippen molar-refractivity contribution >= 4 is 39.1 Å². The predicted octanol–water partition coefficient (Wildman–Crippen LogP) is 4.87. The van der Waals surface area contributed by atoms with Gasteiger partial charge in [-0.3, -0.25) is 0 Å². The second-order valence-corrected chi connectivity index (χ2v) is 5.05. The molecule has 0 aliphatic rings. The fourth-order valence-electron chi connectivity index (χ4n) is 1.28. The van der Waals surface area contributed by atoms with Gasteiger partial charge in [0, 0.05) is 5.56 Å². The van der Waals surface area contributed by atoms with Crippen LogP contribution in [-0.2, 0) is 6.61 Å². The van der Waals surface area contributed by atoms with Gasteiger partial charge in [-0.15, -0.1) is 0 Å². The van der Waals surface area contributed by atoms with Crippen molar-refractivity contribution in [2.24, 2.45) is 0 Å². The first kappa shape index (κ1) is 13.6. The van der Waals surface area contributed by atoms with Crippen molar-refractivity contribution in [2.75, 3.05) is 0 Å². The molecule has 0 amide bonds. The standard InChI is InChI=1S/C12H7BrCl2FNO/c13-9-5-8(2-3-10(9)16)18-6-7-1-4-11(14)17-12(7)15/h1-5H,6H2. The highest BCUT2D eigenvalue weighted by Crippen LogP contribution is 2.23. The Kier molecular flexibility index (Phi) is 4.43. The van der Waals surface area contributed by atoms with Crippen LogP contribution in [-0.4, -0.2) is 4.98 Å². The summed E-state index contributed by atoms with van der Waals surface area (Å²) in [4.78, 5) is 3.90. The molecule has 0 radical (unpaired) electrons. The van der Waals surface area contributed by atoms with Gasteiger partial charge < -0.3 is 4.74 Å². The zero-order valence-electron chi connectivity index (χ0n) is 8.96. The Morgan fingerprint density at radius 2 is 2.00 bits per heavy atom. The van der Waals surface area contributed by atoms with Gasteiger partial charge in [-0.1, -0.05) is 23.2 Å². The van der Waals surface area contributed by atoms with Crippen molar-refractivity contribution in [1.29, 1.82) is 0 Å². The highest BCUT2D eigenvalue weighted by molar-refractivity contribution is 9.10. The number of hydrogen-bond donors (Lipinski definition) is 0. The number of ether oxygens (including phenoxy) is 1. The van der Waals surface area contributed by atoms with Crippen LogP contribution in [0, 0.1) is 5.82 Å². The van der Waals surface area contributed by atoms with Crippen LogP contribution < -0.4 is 4.74 Å². The lowest BCUT2D eigenvalue weighted by Gasteiger charge is -2.08. The minimum atomic E-state index is -0.339. The van der Waals surface area contributed by atoms with Gasteiger partial charge in [0.05, 0.1) is 4.47 Å². The molecular formula is C12H7BrCl2FNO. The molecule has 2 rings (SSSR count). The molecule has 0 N–H and O–H groups in total. The van der Waals surface area contributed by atoms with Gasteiger partial charge in [0.15, 0.2) is 0 Å². The van der Waals surface area contributed by atoms with E-state index in [-0.39, 0.29) is 12.4 Å². The molecule has 0 atom stereocenters. The van der Waals surface area contributed by atoms with Crippen LogP contribution in [0.2, 0.25) is 10.3 Å². The van der Waals surface area contributed by atoms with E-state index in [9.17, 15) is 4.39 Å². The fraction of sp³-hybridized carbons (Fsp3) is 0.0833. The molecule has 0 unspecified atom stereocenters. The second-order valence-electron chi connectivity index (χ2n) is 3.45. The maximum Gasteiger partial charge on any atom is 0.137 e. The van der Waals surface area contributed by atoms with E-state index < -0.39 is 0 Å². The molecule has 1 aromatic heterocycles. The summed E-state index contributed by atoms with van der Waals surface area (Å²) in [7, 11) is 0. The van der Waals surface area contributed by atoms with E-state index >= 15 is 0 Å². The van der Waals surface area contributed by atoms with Gasteiger partial charge in [-0.25, -0.2) is 9.37 Å². The molecule has 0 fully saturated rings. The number of aromatic nitrogens is 1. The zero-order chi connectivity index (χ0) is 13.1. The third kappa shape index (κ3) is 3.34. The highest BCUT2D eigenvalue weighted by atomic mass is 79.9. The lowest BCUT2D eigenvalue weighted by atomic mass is 10.3. The lowest BCUT2D eigenvalue weighted by molar-refractivity contribution is 0.305. The van der Waals surface area contributed by atoms with Crippen LogP contribution in [0.4, 0.5) is 4.39 Å².